The molecule has 0 aromatic rings. The van der Waals surface area contributed by atoms with E-state index in [2.05, 4.69) is 9.64 Å². The summed E-state index contributed by atoms with van der Waals surface area (Å²) >= 11 is 0. The first kappa shape index (κ1) is 10.2. The van der Waals surface area contributed by atoms with Crippen LogP contribution in [0.1, 0.15) is 12.8 Å². The zero-order valence-electron chi connectivity index (χ0n) is 8.82. The molecule has 0 N–H and O–H groups in total. The molecule has 4 nitrogen and oxygen atoms in total. The van der Waals surface area contributed by atoms with Gasteiger partial charge in [0.15, 0.2) is 0 Å². The Labute approximate surface area is 89.1 Å². The van der Waals surface area contributed by atoms with Crippen molar-refractivity contribution in [3.8, 4) is 6.07 Å². The number of nitrogens with zero attached hydrogens (tertiary/aromatic N) is 2. The van der Waals surface area contributed by atoms with Crippen LogP contribution in [0.2, 0.25) is 0 Å². The van der Waals surface area contributed by atoms with E-state index in [4.69, 9.17) is 5.26 Å². The molecule has 0 saturated carbocycles. The summed E-state index contributed by atoms with van der Waals surface area (Å²) in [4.78, 5) is 13.7. The van der Waals surface area contributed by atoms with Crippen LogP contribution in [0.25, 0.3) is 0 Å². The predicted octanol–water partition coefficient (Wildman–Crippen LogP) is 0.705. The topological polar surface area (TPSA) is 53.3 Å². The lowest BCUT2D eigenvalue weighted by molar-refractivity contribution is -0.135. The molecule has 0 radical (unpaired) electrons. The highest BCUT2D eigenvalue weighted by molar-refractivity contribution is 5.93. The van der Waals surface area contributed by atoms with E-state index in [1.807, 2.05) is 6.07 Å². The fraction of sp³-hybridized carbons (Fsp3) is 0.636. The van der Waals surface area contributed by atoms with Gasteiger partial charge in [-0.25, -0.2) is 4.79 Å². The predicted molar refractivity (Wildman–Crippen MR) is 53.8 cm³/mol. The quantitative estimate of drug-likeness (QED) is 0.360. The summed E-state index contributed by atoms with van der Waals surface area (Å²) in [6, 6.07) is 1.99. The van der Waals surface area contributed by atoms with Gasteiger partial charge >= 0.3 is 5.97 Å². The Morgan fingerprint density at radius 2 is 2.20 bits per heavy atom. The summed E-state index contributed by atoms with van der Waals surface area (Å²) < 4.78 is 4.63. The van der Waals surface area contributed by atoms with Crippen LogP contribution in [0.5, 0.6) is 0 Å². The highest BCUT2D eigenvalue weighted by Gasteiger charge is 2.33. The van der Waals surface area contributed by atoms with Crippen molar-refractivity contribution >= 4 is 5.97 Å². The molecule has 4 heteroatoms. The number of carbonyl (C=O) groups is 1. The van der Waals surface area contributed by atoms with E-state index in [-0.39, 0.29) is 5.57 Å². The maximum absolute atomic E-state index is 11.4. The van der Waals surface area contributed by atoms with Gasteiger partial charge in [0.2, 0.25) is 0 Å². The number of ether oxygens (including phenoxy) is 1. The molecule has 80 valence electrons. The van der Waals surface area contributed by atoms with Gasteiger partial charge in [0.25, 0.3) is 0 Å². The number of fused-ring (bicyclic) bond motifs is 3. The Morgan fingerprint density at radius 1 is 1.53 bits per heavy atom. The molecular formula is C11H14N2O2. The minimum absolute atomic E-state index is 0.229. The summed E-state index contributed by atoms with van der Waals surface area (Å²) in [7, 11) is 1.32. The van der Waals surface area contributed by atoms with E-state index < -0.39 is 5.97 Å². The lowest BCUT2D eigenvalue weighted by Gasteiger charge is -2.41. The van der Waals surface area contributed by atoms with Crippen LogP contribution in [0, 0.1) is 17.2 Å². The number of methoxy groups -OCH3 is 1. The highest BCUT2D eigenvalue weighted by Crippen LogP contribution is 2.33. The Kier molecular flexibility index (Phi) is 2.74. The van der Waals surface area contributed by atoms with E-state index in [1.165, 1.54) is 7.11 Å². The summed E-state index contributed by atoms with van der Waals surface area (Å²) in [5.41, 5.74) is 1.22. The van der Waals surface area contributed by atoms with Crippen molar-refractivity contribution in [1.29, 1.82) is 5.26 Å². The van der Waals surface area contributed by atoms with Crippen molar-refractivity contribution < 1.29 is 9.53 Å². The van der Waals surface area contributed by atoms with E-state index in [0.717, 1.165) is 38.0 Å². The van der Waals surface area contributed by atoms with Crippen LogP contribution in [0.15, 0.2) is 11.1 Å². The van der Waals surface area contributed by atoms with Gasteiger partial charge in [-0.3, -0.25) is 4.90 Å². The van der Waals surface area contributed by atoms with Crippen LogP contribution < -0.4 is 0 Å². The van der Waals surface area contributed by atoms with Crippen LogP contribution in [-0.2, 0) is 9.53 Å². The molecule has 0 aromatic carbocycles. The van der Waals surface area contributed by atoms with Gasteiger partial charge < -0.3 is 4.74 Å². The van der Waals surface area contributed by atoms with Crippen molar-refractivity contribution in [2.45, 2.75) is 12.8 Å². The third kappa shape index (κ3) is 1.75. The molecule has 0 amide bonds. The normalized spacial score (nSPS) is 32.0. The zero-order chi connectivity index (χ0) is 10.8. The van der Waals surface area contributed by atoms with E-state index >= 15 is 0 Å². The van der Waals surface area contributed by atoms with Gasteiger partial charge in [-0.05, 0) is 37.4 Å². The summed E-state index contributed by atoms with van der Waals surface area (Å²) in [6.45, 7) is 2.95. The van der Waals surface area contributed by atoms with E-state index in [1.54, 1.807) is 0 Å². The largest absolute Gasteiger partial charge is 0.465 e. The third-order valence-electron chi connectivity index (χ3n) is 3.30. The molecule has 3 fully saturated rings. The number of nitriles is 1. The van der Waals surface area contributed by atoms with E-state index in [9.17, 15) is 4.79 Å². The van der Waals surface area contributed by atoms with Crippen LogP contribution in [0.3, 0.4) is 0 Å². The molecule has 0 aliphatic carbocycles. The van der Waals surface area contributed by atoms with Crippen LogP contribution in [-0.4, -0.2) is 37.6 Å². The molecule has 0 unspecified atom stereocenters. The molecule has 3 aliphatic rings. The van der Waals surface area contributed by atoms with Gasteiger partial charge in [-0.2, -0.15) is 5.26 Å². The lowest BCUT2D eigenvalue weighted by Crippen LogP contribution is -2.44. The second-order valence-corrected chi connectivity index (χ2v) is 4.05. The average Bonchev–Trinajstić information content (AvgIpc) is 2.31. The van der Waals surface area contributed by atoms with Gasteiger partial charge in [0, 0.05) is 6.54 Å². The number of esters is 1. The van der Waals surface area contributed by atoms with Gasteiger partial charge in [0.1, 0.15) is 11.6 Å². The molecule has 3 rings (SSSR count). The second kappa shape index (κ2) is 4.03. The maximum atomic E-state index is 11.4. The van der Waals surface area contributed by atoms with Crippen molar-refractivity contribution in [2.24, 2.45) is 5.92 Å². The number of piperidine rings is 3. The Bertz CT molecular complexity index is 346. The number of rotatable bonds is 1. The minimum Gasteiger partial charge on any atom is -0.465 e. The summed E-state index contributed by atoms with van der Waals surface area (Å²) in [5, 5.41) is 8.98. The van der Waals surface area contributed by atoms with Crippen LogP contribution in [0.4, 0.5) is 0 Å². The van der Waals surface area contributed by atoms with Crippen molar-refractivity contribution in [3.05, 3.63) is 11.1 Å². The zero-order valence-corrected chi connectivity index (χ0v) is 8.82. The lowest BCUT2D eigenvalue weighted by atomic mass is 9.81. The Balaban J connectivity index is 2.31. The van der Waals surface area contributed by atoms with Gasteiger partial charge in [-0.1, -0.05) is 0 Å². The first-order valence-electron chi connectivity index (χ1n) is 5.20. The van der Waals surface area contributed by atoms with Gasteiger partial charge in [0.05, 0.1) is 7.11 Å². The van der Waals surface area contributed by atoms with Gasteiger partial charge in [-0.15, -0.1) is 0 Å². The number of hydrogen-bond donors (Lipinski definition) is 0. The molecule has 0 atom stereocenters. The average molecular weight is 206 g/mol. The first-order chi connectivity index (χ1) is 7.26. The van der Waals surface area contributed by atoms with E-state index in [0.29, 0.717) is 5.92 Å². The SMILES string of the molecule is COC(=O)/C(C#N)=C1/CN2CCC1CC2. The Morgan fingerprint density at radius 3 is 2.60 bits per heavy atom. The highest BCUT2D eigenvalue weighted by atomic mass is 16.5. The molecule has 3 heterocycles. The summed E-state index contributed by atoms with van der Waals surface area (Å²) in [6.07, 6.45) is 2.13. The van der Waals surface area contributed by atoms with Crippen molar-refractivity contribution in [3.63, 3.8) is 0 Å². The number of hydrogen-bond acceptors (Lipinski definition) is 4. The standard InChI is InChI=1S/C11H14N2O2/c1-15-11(14)9(6-12)10-7-13-4-2-8(10)3-5-13/h8H,2-5,7H2,1H3/b10-9-. The monoisotopic (exact) mass is 206 g/mol. The summed E-state index contributed by atoms with van der Waals surface area (Å²) in [5.74, 6) is -0.0648. The molecule has 3 aliphatic heterocycles. The van der Waals surface area contributed by atoms with Crippen molar-refractivity contribution in [2.75, 3.05) is 26.7 Å². The van der Waals surface area contributed by atoms with Crippen molar-refractivity contribution in [1.82, 2.24) is 4.90 Å². The minimum atomic E-state index is -0.485. The Hall–Kier alpha value is -1.34. The number of carbonyl (C=O) groups excluding carboxylic acids is 1. The fourth-order valence-electron chi connectivity index (χ4n) is 2.44. The smallest absolute Gasteiger partial charge is 0.348 e. The third-order valence-corrected chi connectivity index (χ3v) is 3.30. The first-order valence-corrected chi connectivity index (χ1v) is 5.20. The van der Waals surface area contributed by atoms with Crippen LogP contribution >= 0.6 is 0 Å². The molecule has 2 bridgehead atoms. The maximum Gasteiger partial charge on any atom is 0.348 e. The molecular weight excluding hydrogens is 192 g/mol. The second-order valence-electron chi connectivity index (χ2n) is 4.05. The molecule has 0 aromatic heterocycles. The molecule has 15 heavy (non-hydrogen) atoms. The molecule has 3 saturated heterocycles. The fourth-order valence-corrected chi connectivity index (χ4v) is 2.44. The molecule has 0 spiro atoms.